The van der Waals surface area contributed by atoms with Crippen LogP contribution in [0.4, 0.5) is 26.3 Å². The number of likely N-dealkylation sites (tertiary alicyclic amines) is 1. The molecule has 0 bridgehead atoms. The van der Waals surface area contributed by atoms with Crippen LogP contribution in [0, 0.1) is 12.8 Å². The van der Waals surface area contributed by atoms with Crippen molar-refractivity contribution >= 4 is 17.8 Å². The van der Waals surface area contributed by atoms with Crippen LogP contribution >= 0.6 is 0 Å². The lowest BCUT2D eigenvalue weighted by atomic mass is 9.94. The van der Waals surface area contributed by atoms with E-state index in [9.17, 15) is 31.1 Å². The van der Waals surface area contributed by atoms with Gasteiger partial charge in [0.15, 0.2) is 5.69 Å². The first kappa shape index (κ1) is 32.0. The van der Waals surface area contributed by atoms with Crippen LogP contribution in [0.1, 0.15) is 44.9 Å². The van der Waals surface area contributed by atoms with Crippen LogP contribution in [0.15, 0.2) is 59.4 Å². The van der Waals surface area contributed by atoms with Crippen molar-refractivity contribution in [3.8, 4) is 0 Å². The smallest absolute Gasteiger partial charge is 0.475 e. The summed E-state index contributed by atoms with van der Waals surface area (Å²) in [6, 6.07) is 14.2. The zero-order chi connectivity index (χ0) is 31.2. The Bertz CT molecular complexity index is 1370. The number of aryl methyl sites for hydroxylation is 1. The molecular weight excluding hydrogens is 578 g/mol. The van der Waals surface area contributed by atoms with Gasteiger partial charge in [0.25, 0.3) is 5.91 Å². The van der Waals surface area contributed by atoms with E-state index >= 15 is 0 Å². The van der Waals surface area contributed by atoms with Crippen LogP contribution < -0.4 is 5.32 Å². The summed E-state index contributed by atoms with van der Waals surface area (Å²) in [7, 11) is 0. The van der Waals surface area contributed by atoms with Crippen molar-refractivity contribution in [1.29, 1.82) is 0 Å². The van der Waals surface area contributed by atoms with Gasteiger partial charge in [-0.15, -0.1) is 0 Å². The average molecular weight is 602 g/mol. The number of carboxylic acids is 2. The lowest BCUT2D eigenvalue weighted by molar-refractivity contribution is -0.193. The highest BCUT2D eigenvalue weighted by Crippen LogP contribution is 2.49. The summed E-state index contributed by atoms with van der Waals surface area (Å²) >= 11 is 0. The van der Waals surface area contributed by atoms with Crippen molar-refractivity contribution < 1.29 is 55.5 Å². The van der Waals surface area contributed by atoms with Gasteiger partial charge in [-0.3, -0.25) is 14.7 Å². The number of rotatable bonds is 4. The zero-order valence-corrected chi connectivity index (χ0v) is 21.7. The first-order chi connectivity index (χ1) is 19.6. The number of carbonyl (C=O) groups is 3. The number of halogens is 6. The molecule has 1 amide bonds. The van der Waals surface area contributed by atoms with Gasteiger partial charge < -0.3 is 20.1 Å². The van der Waals surface area contributed by atoms with Crippen molar-refractivity contribution in [3.63, 3.8) is 0 Å². The average Bonchev–Trinajstić information content (AvgIpc) is 3.60. The van der Waals surface area contributed by atoms with Gasteiger partial charge >= 0.3 is 24.3 Å². The highest BCUT2D eigenvalue weighted by molar-refractivity contribution is 5.92. The number of nitrogens with zero attached hydrogens (tertiary/aromatic N) is 3. The summed E-state index contributed by atoms with van der Waals surface area (Å²) in [5.41, 5.74) is 4.13. The number of amides is 1. The van der Waals surface area contributed by atoms with Crippen LogP contribution in [0.3, 0.4) is 0 Å². The molecule has 0 saturated carbocycles. The molecule has 0 spiro atoms. The summed E-state index contributed by atoms with van der Waals surface area (Å²) in [5.74, 6) is -4.27. The fraction of sp³-hybridized carbons (Fsp3) is 0.346. The Morgan fingerprint density at radius 1 is 0.976 bits per heavy atom. The summed E-state index contributed by atoms with van der Waals surface area (Å²) in [6.07, 6.45) is -6.44. The van der Waals surface area contributed by atoms with Crippen LogP contribution in [0.2, 0.25) is 0 Å². The predicted octanol–water partition coefficient (Wildman–Crippen LogP) is 4.34. The number of alkyl halides is 6. The second kappa shape index (κ2) is 13.0. The minimum Gasteiger partial charge on any atom is -0.475 e. The van der Waals surface area contributed by atoms with Gasteiger partial charge in [-0.25, -0.2) is 9.59 Å². The fourth-order valence-electron chi connectivity index (χ4n) is 4.69. The van der Waals surface area contributed by atoms with E-state index in [-0.39, 0.29) is 11.9 Å². The number of hydrogen-bond donors (Lipinski definition) is 3. The highest BCUT2D eigenvalue weighted by Gasteiger charge is 2.46. The number of benzene rings is 1. The van der Waals surface area contributed by atoms with E-state index in [0.717, 1.165) is 19.6 Å². The lowest BCUT2D eigenvalue weighted by Crippen LogP contribution is -2.33. The molecule has 5 rings (SSSR count). The minimum absolute atomic E-state index is 0.00963. The first-order valence-corrected chi connectivity index (χ1v) is 12.1. The summed E-state index contributed by atoms with van der Waals surface area (Å²) in [6.45, 7) is 4.60. The molecule has 3 atom stereocenters. The van der Waals surface area contributed by atoms with Crippen LogP contribution in [-0.4, -0.2) is 68.5 Å². The molecule has 2 aliphatic rings. The van der Waals surface area contributed by atoms with E-state index in [2.05, 4.69) is 44.6 Å². The number of carbonyl (C=O) groups excluding carboxylic acids is 1. The number of hydrogen-bond acceptors (Lipinski definition) is 7. The Kier molecular flexibility index (Phi) is 9.93. The fourth-order valence-corrected chi connectivity index (χ4v) is 4.69. The summed E-state index contributed by atoms with van der Waals surface area (Å²) in [4.78, 5) is 37.2. The third kappa shape index (κ3) is 8.28. The van der Waals surface area contributed by atoms with E-state index < -0.39 is 24.3 Å². The molecule has 3 heterocycles. The van der Waals surface area contributed by atoms with Crippen LogP contribution in [-0.2, 0) is 16.1 Å². The SMILES string of the molecule is Cc1cc(C(=O)N[C@@H]2c3ccccc3[C@@H]3CN(Cc4cccnc4)C[C@H]23)no1.O=C(O)C(F)(F)F.O=C(O)C(F)(F)F. The van der Waals surface area contributed by atoms with E-state index in [1.165, 1.54) is 16.7 Å². The maximum absolute atomic E-state index is 12.7. The number of aromatic nitrogens is 2. The molecule has 0 radical (unpaired) electrons. The maximum Gasteiger partial charge on any atom is 0.490 e. The molecule has 2 aromatic heterocycles. The molecule has 1 aromatic carbocycles. The van der Waals surface area contributed by atoms with E-state index in [0.29, 0.717) is 23.3 Å². The second-order valence-electron chi connectivity index (χ2n) is 9.33. The zero-order valence-electron chi connectivity index (χ0n) is 21.7. The molecule has 1 fully saturated rings. The molecule has 10 nitrogen and oxygen atoms in total. The molecule has 226 valence electrons. The lowest BCUT2D eigenvalue weighted by Gasteiger charge is -2.22. The minimum atomic E-state index is -5.08. The predicted molar refractivity (Wildman–Crippen MR) is 131 cm³/mol. The second-order valence-corrected chi connectivity index (χ2v) is 9.33. The Morgan fingerprint density at radius 3 is 2.07 bits per heavy atom. The number of pyridine rings is 1. The third-order valence-corrected chi connectivity index (χ3v) is 6.36. The number of carboxylic acid groups (broad SMARTS) is 2. The Labute approximate surface area is 233 Å². The molecular formula is C26H24F6N4O6. The van der Waals surface area contributed by atoms with Crippen molar-refractivity contribution in [1.82, 2.24) is 20.4 Å². The van der Waals surface area contributed by atoms with Crippen molar-refractivity contribution in [2.24, 2.45) is 5.92 Å². The van der Waals surface area contributed by atoms with Gasteiger partial charge in [0.1, 0.15) is 5.76 Å². The number of nitrogens with one attached hydrogen (secondary N) is 1. The van der Waals surface area contributed by atoms with Gasteiger partial charge in [-0.2, -0.15) is 26.3 Å². The summed E-state index contributed by atoms with van der Waals surface area (Å²) < 4.78 is 68.5. The molecule has 0 unspecified atom stereocenters. The largest absolute Gasteiger partial charge is 0.490 e. The molecule has 42 heavy (non-hydrogen) atoms. The van der Waals surface area contributed by atoms with Crippen molar-refractivity contribution in [2.75, 3.05) is 13.1 Å². The Hall–Kier alpha value is -4.47. The van der Waals surface area contributed by atoms with Crippen molar-refractivity contribution in [2.45, 2.75) is 37.8 Å². The van der Waals surface area contributed by atoms with E-state index in [4.69, 9.17) is 24.3 Å². The third-order valence-electron chi connectivity index (χ3n) is 6.36. The van der Waals surface area contributed by atoms with Crippen LogP contribution in [0.25, 0.3) is 0 Å². The molecule has 3 N–H and O–H groups in total. The molecule has 3 aromatic rings. The van der Waals surface area contributed by atoms with Gasteiger partial charge in [0, 0.05) is 49.9 Å². The first-order valence-electron chi connectivity index (χ1n) is 12.1. The van der Waals surface area contributed by atoms with E-state index in [1.54, 1.807) is 19.2 Å². The quantitative estimate of drug-likeness (QED) is 0.371. The monoisotopic (exact) mass is 602 g/mol. The highest BCUT2D eigenvalue weighted by atomic mass is 19.4. The topological polar surface area (TPSA) is 146 Å². The molecule has 1 aliphatic carbocycles. The van der Waals surface area contributed by atoms with Gasteiger partial charge in [-0.05, 0) is 29.7 Å². The Morgan fingerprint density at radius 2 is 1.57 bits per heavy atom. The maximum atomic E-state index is 12.7. The Balaban J connectivity index is 0.000000289. The standard InChI is InChI=1S/C22H22N4O2.2C2HF3O2/c1-14-9-20(25-28-14)22(27)24-21-17-7-3-2-6-16(17)18-12-26(13-19(18)21)11-15-5-4-8-23-10-15;2*3-2(4,5)1(6)7/h2-10,18-19,21H,11-13H2,1H3,(H,24,27);2*(H,6,7)/t18-,19-,21+;;/m0../s1. The molecule has 16 heteroatoms. The van der Waals surface area contributed by atoms with Crippen molar-refractivity contribution in [3.05, 3.63) is 83.0 Å². The molecule has 1 aliphatic heterocycles. The summed E-state index contributed by atoms with van der Waals surface area (Å²) in [5, 5.41) is 21.3. The van der Waals surface area contributed by atoms with Crippen LogP contribution in [0.5, 0.6) is 0 Å². The molecule has 1 saturated heterocycles. The number of aliphatic carboxylic acids is 2. The van der Waals surface area contributed by atoms with Gasteiger partial charge in [-0.1, -0.05) is 35.5 Å². The normalized spacial score (nSPS) is 19.4. The van der Waals surface area contributed by atoms with E-state index in [1.807, 2.05) is 18.3 Å². The van der Waals surface area contributed by atoms with Gasteiger partial charge in [0.2, 0.25) is 0 Å². The number of fused-ring (bicyclic) bond motifs is 3. The van der Waals surface area contributed by atoms with Gasteiger partial charge in [0.05, 0.1) is 6.04 Å².